The Morgan fingerprint density at radius 3 is 2.59 bits per heavy atom. The summed E-state index contributed by atoms with van der Waals surface area (Å²) in [6, 6.07) is 7.81. The van der Waals surface area contributed by atoms with E-state index in [1.165, 1.54) is 12.8 Å². The Hall–Kier alpha value is -1.71. The van der Waals surface area contributed by atoms with E-state index in [1.807, 2.05) is 52.0 Å². The number of nitrogens with one attached hydrogen (secondary N) is 1. The molecule has 1 N–H and O–H groups in total. The minimum atomic E-state index is -0.489. The molecule has 1 amide bonds. The van der Waals surface area contributed by atoms with Gasteiger partial charge in [0.2, 0.25) is 0 Å². The van der Waals surface area contributed by atoms with Gasteiger partial charge < -0.3 is 14.8 Å². The van der Waals surface area contributed by atoms with Crippen LogP contribution in [0.15, 0.2) is 24.3 Å². The van der Waals surface area contributed by atoms with Gasteiger partial charge in [-0.1, -0.05) is 12.1 Å². The molecular formula is C18H27NO3. The Balaban J connectivity index is 1.94. The van der Waals surface area contributed by atoms with Crippen LogP contribution in [0.4, 0.5) is 4.79 Å². The zero-order chi connectivity index (χ0) is 16.2. The van der Waals surface area contributed by atoms with Gasteiger partial charge in [0, 0.05) is 0 Å². The molecule has 122 valence electrons. The number of benzene rings is 1. The SMILES string of the molecule is C[C@H](NC(=O)OC(C)(C)C)c1cccc(OC2CCCC2)c1. The first kappa shape index (κ1) is 16.7. The van der Waals surface area contributed by atoms with Gasteiger partial charge in [0.15, 0.2) is 0 Å². The monoisotopic (exact) mass is 305 g/mol. The van der Waals surface area contributed by atoms with E-state index in [0.29, 0.717) is 6.10 Å². The molecule has 0 saturated heterocycles. The fourth-order valence-electron chi connectivity index (χ4n) is 2.62. The largest absolute Gasteiger partial charge is 0.490 e. The van der Waals surface area contributed by atoms with Crippen LogP contribution in [0.1, 0.15) is 65.0 Å². The standard InChI is InChI=1S/C18H27NO3/c1-13(19-17(20)22-18(2,3)4)14-8-7-11-16(12-14)21-15-9-5-6-10-15/h7-8,11-13,15H,5-6,9-10H2,1-4H3,(H,19,20)/t13-/m0/s1. The van der Waals surface area contributed by atoms with E-state index in [0.717, 1.165) is 24.2 Å². The molecule has 1 aromatic rings. The van der Waals surface area contributed by atoms with Gasteiger partial charge >= 0.3 is 6.09 Å². The van der Waals surface area contributed by atoms with Gasteiger partial charge in [0.1, 0.15) is 11.4 Å². The highest BCUT2D eigenvalue weighted by molar-refractivity contribution is 5.68. The molecule has 1 aliphatic carbocycles. The fourth-order valence-corrected chi connectivity index (χ4v) is 2.62. The van der Waals surface area contributed by atoms with Crippen molar-refractivity contribution in [3.8, 4) is 5.75 Å². The molecule has 0 aromatic heterocycles. The van der Waals surface area contributed by atoms with Crippen molar-refractivity contribution < 1.29 is 14.3 Å². The van der Waals surface area contributed by atoms with Crippen molar-refractivity contribution in [2.45, 2.75) is 71.1 Å². The molecule has 0 heterocycles. The number of carbonyl (C=O) groups excluding carboxylic acids is 1. The molecule has 1 aromatic carbocycles. The van der Waals surface area contributed by atoms with Crippen LogP contribution in [0.3, 0.4) is 0 Å². The number of amides is 1. The van der Waals surface area contributed by atoms with Crippen molar-refractivity contribution >= 4 is 6.09 Å². The molecule has 4 heteroatoms. The van der Waals surface area contributed by atoms with Crippen molar-refractivity contribution in [1.29, 1.82) is 0 Å². The summed E-state index contributed by atoms with van der Waals surface area (Å²) in [6.45, 7) is 7.51. The van der Waals surface area contributed by atoms with E-state index in [2.05, 4.69) is 5.32 Å². The third kappa shape index (κ3) is 5.24. The van der Waals surface area contributed by atoms with Crippen molar-refractivity contribution in [2.75, 3.05) is 0 Å². The van der Waals surface area contributed by atoms with Gasteiger partial charge in [-0.15, -0.1) is 0 Å². The van der Waals surface area contributed by atoms with Crippen molar-refractivity contribution in [3.63, 3.8) is 0 Å². The number of carbonyl (C=O) groups is 1. The second-order valence-corrected chi connectivity index (χ2v) is 6.96. The summed E-state index contributed by atoms with van der Waals surface area (Å²) in [7, 11) is 0. The van der Waals surface area contributed by atoms with Crippen LogP contribution in [-0.4, -0.2) is 17.8 Å². The van der Waals surface area contributed by atoms with E-state index in [1.54, 1.807) is 0 Å². The zero-order valence-corrected chi connectivity index (χ0v) is 14.0. The summed E-state index contributed by atoms with van der Waals surface area (Å²) in [6.07, 6.45) is 4.71. The molecule has 0 radical (unpaired) electrons. The third-order valence-corrected chi connectivity index (χ3v) is 3.70. The molecule has 0 bridgehead atoms. The van der Waals surface area contributed by atoms with Crippen LogP contribution in [0, 0.1) is 0 Å². The lowest BCUT2D eigenvalue weighted by atomic mass is 10.1. The van der Waals surface area contributed by atoms with Crippen molar-refractivity contribution in [2.24, 2.45) is 0 Å². The van der Waals surface area contributed by atoms with Gasteiger partial charge in [-0.25, -0.2) is 4.79 Å². The molecule has 0 aliphatic heterocycles. The molecule has 1 atom stereocenters. The quantitative estimate of drug-likeness (QED) is 0.884. The van der Waals surface area contributed by atoms with Crippen LogP contribution >= 0.6 is 0 Å². The number of ether oxygens (including phenoxy) is 2. The third-order valence-electron chi connectivity index (χ3n) is 3.70. The van der Waals surface area contributed by atoms with Gasteiger partial charge in [-0.05, 0) is 71.1 Å². The highest BCUT2D eigenvalue weighted by Crippen LogP contribution is 2.26. The molecule has 2 rings (SSSR count). The van der Waals surface area contributed by atoms with Crippen LogP contribution in [0.25, 0.3) is 0 Å². The van der Waals surface area contributed by atoms with Crippen LogP contribution in [0.5, 0.6) is 5.75 Å². The molecule has 0 unspecified atom stereocenters. The Bertz CT molecular complexity index is 501. The lowest BCUT2D eigenvalue weighted by Crippen LogP contribution is -2.34. The highest BCUT2D eigenvalue weighted by atomic mass is 16.6. The number of hydrogen-bond donors (Lipinski definition) is 1. The number of rotatable bonds is 4. The minimum absolute atomic E-state index is 0.123. The van der Waals surface area contributed by atoms with Gasteiger partial charge in [0.25, 0.3) is 0 Å². The Morgan fingerprint density at radius 1 is 1.27 bits per heavy atom. The second-order valence-electron chi connectivity index (χ2n) is 6.96. The molecular weight excluding hydrogens is 278 g/mol. The van der Waals surface area contributed by atoms with Crippen LogP contribution in [0.2, 0.25) is 0 Å². The number of hydrogen-bond acceptors (Lipinski definition) is 3. The summed E-state index contributed by atoms with van der Waals surface area (Å²) in [5.41, 5.74) is 0.526. The molecule has 22 heavy (non-hydrogen) atoms. The highest BCUT2D eigenvalue weighted by Gasteiger charge is 2.19. The molecule has 1 saturated carbocycles. The summed E-state index contributed by atoms with van der Waals surface area (Å²) in [5.74, 6) is 0.877. The van der Waals surface area contributed by atoms with Crippen molar-refractivity contribution in [3.05, 3.63) is 29.8 Å². The Morgan fingerprint density at radius 2 is 1.95 bits per heavy atom. The van der Waals surface area contributed by atoms with Crippen LogP contribution < -0.4 is 10.1 Å². The van der Waals surface area contributed by atoms with Gasteiger partial charge in [-0.2, -0.15) is 0 Å². The first-order valence-electron chi connectivity index (χ1n) is 8.09. The van der Waals surface area contributed by atoms with Crippen LogP contribution in [-0.2, 0) is 4.74 Å². The summed E-state index contributed by atoms with van der Waals surface area (Å²) < 4.78 is 11.3. The second kappa shape index (κ2) is 7.03. The lowest BCUT2D eigenvalue weighted by Gasteiger charge is -2.22. The average Bonchev–Trinajstić information content (AvgIpc) is 2.89. The van der Waals surface area contributed by atoms with Gasteiger partial charge in [-0.3, -0.25) is 0 Å². The average molecular weight is 305 g/mol. The first-order valence-corrected chi connectivity index (χ1v) is 8.09. The normalized spacial score (nSPS) is 17.1. The van der Waals surface area contributed by atoms with E-state index in [-0.39, 0.29) is 6.04 Å². The van der Waals surface area contributed by atoms with E-state index < -0.39 is 11.7 Å². The van der Waals surface area contributed by atoms with Crippen molar-refractivity contribution in [1.82, 2.24) is 5.32 Å². The van der Waals surface area contributed by atoms with E-state index >= 15 is 0 Å². The Labute approximate surface area is 133 Å². The smallest absolute Gasteiger partial charge is 0.408 e. The number of alkyl carbamates (subject to hydrolysis) is 1. The molecule has 4 nitrogen and oxygen atoms in total. The predicted molar refractivity (Wildman–Crippen MR) is 87.1 cm³/mol. The first-order chi connectivity index (χ1) is 10.3. The maximum Gasteiger partial charge on any atom is 0.408 e. The Kier molecular flexibility index (Phi) is 5.33. The molecule has 0 spiro atoms. The zero-order valence-electron chi connectivity index (χ0n) is 14.0. The molecule has 1 fully saturated rings. The fraction of sp³-hybridized carbons (Fsp3) is 0.611. The predicted octanol–water partition coefficient (Wildman–Crippen LogP) is 4.59. The topological polar surface area (TPSA) is 47.6 Å². The molecule has 1 aliphatic rings. The maximum atomic E-state index is 11.8. The lowest BCUT2D eigenvalue weighted by molar-refractivity contribution is 0.0507. The summed E-state index contributed by atoms with van der Waals surface area (Å²) >= 11 is 0. The summed E-state index contributed by atoms with van der Waals surface area (Å²) in [5, 5.41) is 2.86. The van der Waals surface area contributed by atoms with E-state index in [9.17, 15) is 4.79 Å². The maximum absolute atomic E-state index is 11.8. The minimum Gasteiger partial charge on any atom is -0.490 e. The van der Waals surface area contributed by atoms with E-state index in [4.69, 9.17) is 9.47 Å². The van der Waals surface area contributed by atoms with Gasteiger partial charge in [0.05, 0.1) is 12.1 Å². The summed E-state index contributed by atoms with van der Waals surface area (Å²) in [4.78, 5) is 11.8.